The number of aryl methyl sites for hydroxylation is 1. The van der Waals surface area contributed by atoms with Crippen LogP contribution in [0.4, 0.5) is 0 Å². The Morgan fingerprint density at radius 1 is 1.10 bits per heavy atom. The maximum Gasteiger partial charge on any atom is 0.302 e. The van der Waals surface area contributed by atoms with Gasteiger partial charge in [0.25, 0.3) is 0 Å². The van der Waals surface area contributed by atoms with Crippen molar-refractivity contribution in [2.75, 3.05) is 26.4 Å². The van der Waals surface area contributed by atoms with Crippen molar-refractivity contribution in [1.82, 2.24) is 0 Å². The maximum atomic E-state index is 11.2. The number of hydrogen-bond acceptors (Lipinski definition) is 6. The van der Waals surface area contributed by atoms with Crippen molar-refractivity contribution >= 4 is 5.97 Å². The van der Waals surface area contributed by atoms with Gasteiger partial charge in [0.2, 0.25) is 0 Å². The zero-order valence-electron chi connectivity index (χ0n) is 18.3. The number of ether oxygens (including phenoxy) is 5. The summed E-state index contributed by atoms with van der Waals surface area (Å²) in [6.45, 7) is 6.57. The van der Waals surface area contributed by atoms with Crippen LogP contribution in [0.3, 0.4) is 0 Å². The van der Waals surface area contributed by atoms with Crippen molar-refractivity contribution in [2.45, 2.75) is 77.3 Å². The molecule has 1 aromatic carbocycles. The lowest BCUT2D eigenvalue weighted by molar-refractivity contribution is -0.217. The van der Waals surface area contributed by atoms with E-state index in [0.29, 0.717) is 18.9 Å². The first-order valence-corrected chi connectivity index (χ1v) is 11.3. The summed E-state index contributed by atoms with van der Waals surface area (Å²) in [6.07, 6.45) is 6.21. The molecular formula is C24H36O6. The fourth-order valence-corrected chi connectivity index (χ4v) is 4.02. The summed E-state index contributed by atoms with van der Waals surface area (Å²) >= 11 is 0. The van der Waals surface area contributed by atoms with Gasteiger partial charge in [-0.15, -0.1) is 0 Å². The van der Waals surface area contributed by atoms with E-state index in [1.165, 1.54) is 12.5 Å². The van der Waals surface area contributed by atoms with Crippen molar-refractivity contribution in [1.29, 1.82) is 0 Å². The third-order valence-corrected chi connectivity index (χ3v) is 5.68. The summed E-state index contributed by atoms with van der Waals surface area (Å²) in [5.41, 5.74) is 1.31. The molecule has 0 saturated carbocycles. The number of rotatable bonds is 10. The molecule has 0 amide bonds. The van der Waals surface area contributed by atoms with Crippen LogP contribution in [0.15, 0.2) is 24.3 Å². The van der Waals surface area contributed by atoms with Crippen LogP contribution in [-0.2, 0) is 30.2 Å². The molecule has 1 aromatic rings. The molecule has 2 aliphatic rings. The minimum Gasteiger partial charge on any atom is -0.493 e. The summed E-state index contributed by atoms with van der Waals surface area (Å²) in [6, 6.07) is 8.43. The third-order valence-electron chi connectivity index (χ3n) is 5.68. The van der Waals surface area contributed by atoms with Crippen LogP contribution in [0.2, 0.25) is 0 Å². The zero-order valence-corrected chi connectivity index (χ0v) is 18.3. The molecule has 2 aliphatic heterocycles. The van der Waals surface area contributed by atoms with E-state index in [9.17, 15) is 4.79 Å². The SMILES string of the molecule is CC(=O)OC1CC(C)OC(OCCCCc2ccc(OCC3CCOCC3)cc2)C1. The van der Waals surface area contributed by atoms with Gasteiger partial charge < -0.3 is 23.7 Å². The molecule has 2 saturated heterocycles. The van der Waals surface area contributed by atoms with Gasteiger partial charge in [-0.05, 0) is 62.6 Å². The Hall–Kier alpha value is -1.63. The molecule has 2 heterocycles. The Morgan fingerprint density at radius 3 is 2.60 bits per heavy atom. The summed E-state index contributed by atoms with van der Waals surface area (Å²) < 4.78 is 28.3. The average Bonchev–Trinajstić information content (AvgIpc) is 2.73. The Bertz CT molecular complexity index is 625. The monoisotopic (exact) mass is 420 g/mol. The van der Waals surface area contributed by atoms with Crippen LogP contribution < -0.4 is 4.74 Å². The van der Waals surface area contributed by atoms with Gasteiger partial charge in [0.15, 0.2) is 6.29 Å². The first-order chi connectivity index (χ1) is 14.6. The van der Waals surface area contributed by atoms with Crippen LogP contribution in [0, 0.1) is 5.92 Å². The summed E-state index contributed by atoms with van der Waals surface area (Å²) in [5, 5.41) is 0. The second kappa shape index (κ2) is 12.3. The lowest BCUT2D eigenvalue weighted by atomic mass is 10.0. The van der Waals surface area contributed by atoms with Gasteiger partial charge in [-0.3, -0.25) is 4.79 Å². The predicted molar refractivity (Wildman–Crippen MR) is 113 cm³/mol. The number of esters is 1. The highest BCUT2D eigenvalue weighted by molar-refractivity contribution is 5.66. The Labute approximate surface area is 180 Å². The summed E-state index contributed by atoms with van der Waals surface area (Å²) in [5.74, 6) is 1.31. The van der Waals surface area contributed by atoms with Gasteiger partial charge in [-0.1, -0.05) is 12.1 Å². The van der Waals surface area contributed by atoms with Crippen LogP contribution >= 0.6 is 0 Å². The summed E-state index contributed by atoms with van der Waals surface area (Å²) in [4.78, 5) is 11.2. The topological polar surface area (TPSA) is 63.2 Å². The molecule has 0 spiro atoms. The molecule has 0 radical (unpaired) electrons. The highest BCUT2D eigenvalue weighted by Gasteiger charge is 2.29. The molecule has 0 aromatic heterocycles. The number of benzene rings is 1. The normalized spacial score (nSPS) is 25.1. The lowest BCUT2D eigenvalue weighted by Crippen LogP contribution is -2.38. The lowest BCUT2D eigenvalue weighted by Gasteiger charge is -2.33. The van der Waals surface area contributed by atoms with Gasteiger partial charge in [0, 0.05) is 39.6 Å². The highest BCUT2D eigenvalue weighted by atomic mass is 16.7. The molecule has 3 atom stereocenters. The number of carbonyl (C=O) groups is 1. The minimum atomic E-state index is -0.287. The van der Waals surface area contributed by atoms with E-state index in [4.69, 9.17) is 23.7 Å². The fourth-order valence-electron chi connectivity index (χ4n) is 4.02. The number of unbranched alkanes of at least 4 members (excludes halogenated alkanes) is 1. The molecule has 30 heavy (non-hydrogen) atoms. The van der Waals surface area contributed by atoms with Crippen molar-refractivity contribution in [3.63, 3.8) is 0 Å². The van der Waals surface area contributed by atoms with Crippen molar-refractivity contribution < 1.29 is 28.5 Å². The van der Waals surface area contributed by atoms with E-state index in [-0.39, 0.29) is 24.5 Å². The number of hydrogen-bond donors (Lipinski definition) is 0. The molecule has 0 bridgehead atoms. The van der Waals surface area contributed by atoms with E-state index >= 15 is 0 Å². The first-order valence-electron chi connectivity index (χ1n) is 11.3. The van der Waals surface area contributed by atoms with Crippen LogP contribution in [0.1, 0.15) is 57.9 Å². The maximum absolute atomic E-state index is 11.2. The quantitative estimate of drug-likeness (QED) is 0.416. The largest absolute Gasteiger partial charge is 0.493 e. The van der Waals surface area contributed by atoms with Gasteiger partial charge in [0.1, 0.15) is 11.9 Å². The third kappa shape index (κ3) is 8.25. The molecule has 6 nitrogen and oxygen atoms in total. The van der Waals surface area contributed by atoms with E-state index < -0.39 is 0 Å². The second-order valence-electron chi connectivity index (χ2n) is 8.42. The molecule has 0 aliphatic carbocycles. The highest BCUT2D eigenvalue weighted by Crippen LogP contribution is 2.23. The molecule has 3 rings (SSSR count). The molecule has 3 unspecified atom stereocenters. The van der Waals surface area contributed by atoms with Crippen LogP contribution in [0.25, 0.3) is 0 Å². The van der Waals surface area contributed by atoms with Crippen molar-refractivity contribution in [2.24, 2.45) is 5.92 Å². The standard InChI is InChI=1S/C24H36O6/c1-18-15-23(30-19(2)25)16-24(29-18)27-12-4-3-5-20-6-8-22(9-7-20)28-17-21-10-13-26-14-11-21/h6-9,18,21,23-24H,3-5,10-17H2,1-2H3. The molecule has 0 N–H and O–H groups in total. The Morgan fingerprint density at radius 2 is 1.87 bits per heavy atom. The molecular weight excluding hydrogens is 384 g/mol. The first kappa shape index (κ1) is 23.0. The van der Waals surface area contributed by atoms with Gasteiger partial charge in [-0.2, -0.15) is 0 Å². The molecule has 6 heteroatoms. The van der Waals surface area contributed by atoms with Gasteiger partial charge in [-0.25, -0.2) is 0 Å². The van der Waals surface area contributed by atoms with E-state index in [2.05, 4.69) is 24.3 Å². The Kier molecular flexibility index (Phi) is 9.43. The smallest absolute Gasteiger partial charge is 0.302 e. The van der Waals surface area contributed by atoms with Gasteiger partial charge in [0.05, 0.1) is 12.7 Å². The Balaban J connectivity index is 1.28. The zero-order chi connectivity index (χ0) is 21.2. The molecule has 168 valence electrons. The predicted octanol–water partition coefficient (Wildman–Crippen LogP) is 4.29. The van der Waals surface area contributed by atoms with Crippen LogP contribution in [-0.4, -0.2) is 50.9 Å². The van der Waals surface area contributed by atoms with E-state index in [1.54, 1.807) is 0 Å². The minimum absolute atomic E-state index is 0.0419. The summed E-state index contributed by atoms with van der Waals surface area (Å²) in [7, 11) is 0. The second-order valence-corrected chi connectivity index (χ2v) is 8.42. The van der Waals surface area contributed by atoms with E-state index in [0.717, 1.165) is 64.1 Å². The van der Waals surface area contributed by atoms with E-state index in [1.807, 2.05) is 6.92 Å². The number of carbonyl (C=O) groups excluding carboxylic acids is 1. The fraction of sp³-hybridized carbons (Fsp3) is 0.708. The average molecular weight is 421 g/mol. The van der Waals surface area contributed by atoms with Crippen molar-refractivity contribution in [3.8, 4) is 5.75 Å². The van der Waals surface area contributed by atoms with Gasteiger partial charge >= 0.3 is 5.97 Å². The molecule has 2 fully saturated rings. The van der Waals surface area contributed by atoms with Crippen molar-refractivity contribution in [3.05, 3.63) is 29.8 Å². The van der Waals surface area contributed by atoms with Crippen LogP contribution in [0.5, 0.6) is 5.75 Å².